The maximum atomic E-state index is 10.7. The van der Waals surface area contributed by atoms with Gasteiger partial charge in [-0.2, -0.15) is 10.4 Å². The third-order valence-electron chi connectivity index (χ3n) is 5.84. The lowest BCUT2D eigenvalue weighted by molar-refractivity contribution is 0.402. The van der Waals surface area contributed by atoms with E-state index < -0.39 is 0 Å². The Bertz CT molecular complexity index is 1360. The van der Waals surface area contributed by atoms with Gasteiger partial charge in [-0.1, -0.05) is 6.07 Å². The molecule has 1 aliphatic rings. The molecular weight excluding hydrogens is 416 g/mol. The van der Waals surface area contributed by atoms with Crippen LogP contribution in [0.2, 0.25) is 0 Å². The van der Waals surface area contributed by atoms with E-state index in [-0.39, 0.29) is 5.75 Å². The summed E-state index contributed by atoms with van der Waals surface area (Å²) in [5.74, 6) is 0.662. The number of fused-ring (bicyclic) bond motifs is 1. The van der Waals surface area contributed by atoms with Crippen LogP contribution in [0.3, 0.4) is 0 Å². The molecule has 4 aromatic rings. The SMILES string of the molecule is C[C@@H]1CN(c2ncc(-c3ccc(-c4cc(C#N)c5nn(C)cc5c4)cc3O)nn2)C[C@H](C)N1. The average molecular weight is 441 g/mol. The van der Waals surface area contributed by atoms with E-state index >= 15 is 0 Å². The third kappa shape index (κ3) is 3.97. The molecule has 0 spiro atoms. The van der Waals surface area contributed by atoms with Gasteiger partial charge < -0.3 is 15.3 Å². The Balaban J connectivity index is 1.44. The molecule has 2 aromatic heterocycles. The molecule has 0 unspecified atom stereocenters. The fourth-order valence-electron chi connectivity index (χ4n) is 4.46. The number of nitrogens with one attached hydrogen (secondary N) is 1. The summed E-state index contributed by atoms with van der Waals surface area (Å²) >= 11 is 0. The zero-order valence-corrected chi connectivity index (χ0v) is 18.7. The summed E-state index contributed by atoms with van der Waals surface area (Å²) in [6.45, 7) is 5.90. The van der Waals surface area contributed by atoms with Crippen LogP contribution in [0.1, 0.15) is 19.4 Å². The highest BCUT2D eigenvalue weighted by molar-refractivity contribution is 5.89. The Hall–Kier alpha value is -4.03. The second kappa shape index (κ2) is 8.15. The molecule has 2 N–H and O–H groups in total. The Morgan fingerprint density at radius 1 is 1.09 bits per heavy atom. The van der Waals surface area contributed by atoms with E-state index in [0.717, 1.165) is 29.6 Å². The van der Waals surface area contributed by atoms with E-state index in [0.29, 0.717) is 40.4 Å². The minimum atomic E-state index is 0.0746. The lowest BCUT2D eigenvalue weighted by Gasteiger charge is -2.35. The van der Waals surface area contributed by atoms with Crippen molar-refractivity contribution in [2.24, 2.45) is 7.05 Å². The average Bonchev–Trinajstić information content (AvgIpc) is 3.18. The van der Waals surface area contributed by atoms with Gasteiger partial charge in [0.2, 0.25) is 5.95 Å². The van der Waals surface area contributed by atoms with E-state index in [2.05, 4.69) is 50.4 Å². The normalized spacial score (nSPS) is 18.4. The summed E-state index contributed by atoms with van der Waals surface area (Å²) in [7, 11) is 1.82. The molecular formula is C24H24N8O. The van der Waals surface area contributed by atoms with Crippen LogP contribution in [0.5, 0.6) is 5.75 Å². The zero-order valence-electron chi connectivity index (χ0n) is 18.7. The minimum Gasteiger partial charge on any atom is -0.507 e. The molecule has 1 aliphatic heterocycles. The van der Waals surface area contributed by atoms with Gasteiger partial charge in [0, 0.05) is 49.4 Å². The summed E-state index contributed by atoms with van der Waals surface area (Å²) in [6.07, 6.45) is 3.51. The predicted octanol–water partition coefficient (Wildman–Crippen LogP) is 2.86. The van der Waals surface area contributed by atoms with Crippen LogP contribution in [0.25, 0.3) is 33.3 Å². The van der Waals surface area contributed by atoms with Crippen molar-refractivity contribution in [2.75, 3.05) is 18.0 Å². The first kappa shape index (κ1) is 20.8. The number of aryl methyl sites for hydroxylation is 1. The van der Waals surface area contributed by atoms with Crippen molar-refractivity contribution in [1.29, 1.82) is 5.26 Å². The van der Waals surface area contributed by atoms with Crippen LogP contribution >= 0.6 is 0 Å². The highest BCUT2D eigenvalue weighted by atomic mass is 16.3. The first-order valence-corrected chi connectivity index (χ1v) is 10.8. The van der Waals surface area contributed by atoms with Gasteiger partial charge in [-0.15, -0.1) is 10.2 Å². The maximum Gasteiger partial charge on any atom is 0.245 e. The molecule has 5 rings (SSSR count). The molecule has 166 valence electrons. The van der Waals surface area contributed by atoms with Gasteiger partial charge in [0.1, 0.15) is 23.0 Å². The summed E-state index contributed by atoms with van der Waals surface area (Å²) in [5.41, 5.74) is 3.83. The molecule has 0 aliphatic carbocycles. The van der Waals surface area contributed by atoms with Crippen LogP contribution in [0.15, 0.2) is 42.7 Å². The van der Waals surface area contributed by atoms with Gasteiger partial charge in [0.15, 0.2) is 0 Å². The van der Waals surface area contributed by atoms with Crippen LogP contribution in [-0.2, 0) is 7.05 Å². The molecule has 9 heteroatoms. The first-order chi connectivity index (χ1) is 15.9. The molecule has 1 fully saturated rings. The molecule has 2 aromatic carbocycles. The predicted molar refractivity (Wildman–Crippen MR) is 126 cm³/mol. The van der Waals surface area contributed by atoms with Crippen molar-refractivity contribution >= 4 is 16.9 Å². The number of anilines is 1. The molecule has 0 radical (unpaired) electrons. The first-order valence-electron chi connectivity index (χ1n) is 10.8. The maximum absolute atomic E-state index is 10.7. The number of phenolic OH excluding ortho intramolecular Hbond substituents is 1. The summed E-state index contributed by atoms with van der Waals surface area (Å²) in [4.78, 5) is 6.61. The summed E-state index contributed by atoms with van der Waals surface area (Å²) in [6, 6.07) is 12.0. The van der Waals surface area contributed by atoms with Crippen LogP contribution in [0, 0.1) is 11.3 Å². The van der Waals surface area contributed by atoms with Crippen LogP contribution < -0.4 is 10.2 Å². The molecule has 2 atom stereocenters. The van der Waals surface area contributed by atoms with E-state index in [4.69, 9.17) is 0 Å². The van der Waals surface area contributed by atoms with E-state index in [1.165, 1.54) is 0 Å². The van der Waals surface area contributed by atoms with E-state index in [1.54, 1.807) is 29.1 Å². The highest BCUT2D eigenvalue weighted by Crippen LogP contribution is 2.34. The number of aromatic hydroxyl groups is 1. The number of hydrogen-bond acceptors (Lipinski definition) is 8. The molecule has 9 nitrogen and oxygen atoms in total. The number of nitrogens with zero attached hydrogens (tertiary/aromatic N) is 7. The van der Waals surface area contributed by atoms with Crippen molar-refractivity contribution in [1.82, 2.24) is 30.3 Å². The molecule has 3 heterocycles. The Kier molecular flexibility index (Phi) is 5.15. The van der Waals surface area contributed by atoms with Crippen molar-refractivity contribution in [2.45, 2.75) is 25.9 Å². The van der Waals surface area contributed by atoms with Gasteiger partial charge >= 0.3 is 0 Å². The van der Waals surface area contributed by atoms with Crippen molar-refractivity contribution < 1.29 is 5.11 Å². The number of piperazine rings is 1. The van der Waals surface area contributed by atoms with Crippen LogP contribution in [0.4, 0.5) is 5.95 Å². The monoisotopic (exact) mass is 440 g/mol. The second-order valence-electron chi connectivity index (χ2n) is 8.63. The van der Waals surface area contributed by atoms with Crippen molar-refractivity contribution in [3.8, 4) is 34.2 Å². The van der Waals surface area contributed by atoms with Gasteiger partial charge in [-0.05, 0) is 49.2 Å². The minimum absolute atomic E-state index is 0.0746. The molecule has 33 heavy (non-hydrogen) atoms. The van der Waals surface area contributed by atoms with Gasteiger partial charge in [0.25, 0.3) is 0 Å². The smallest absolute Gasteiger partial charge is 0.245 e. The lowest BCUT2D eigenvalue weighted by atomic mass is 9.99. The largest absolute Gasteiger partial charge is 0.507 e. The van der Waals surface area contributed by atoms with Gasteiger partial charge in [-0.3, -0.25) is 4.68 Å². The fourth-order valence-corrected chi connectivity index (χ4v) is 4.46. The summed E-state index contributed by atoms with van der Waals surface area (Å²) < 4.78 is 1.69. The van der Waals surface area contributed by atoms with Gasteiger partial charge in [0.05, 0.1) is 11.8 Å². The molecule has 0 amide bonds. The summed E-state index contributed by atoms with van der Waals surface area (Å²) in [5, 5.41) is 37.6. The van der Waals surface area contributed by atoms with Crippen molar-refractivity contribution in [3.63, 3.8) is 0 Å². The third-order valence-corrected chi connectivity index (χ3v) is 5.84. The molecule has 0 bridgehead atoms. The Morgan fingerprint density at radius 2 is 1.88 bits per heavy atom. The lowest BCUT2D eigenvalue weighted by Crippen LogP contribution is -2.54. The second-order valence-corrected chi connectivity index (χ2v) is 8.63. The van der Waals surface area contributed by atoms with Crippen molar-refractivity contribution in [3.05, 3.63) is 48.3 Å². The fraction of sp³-hybridized carbons (Fsp3) is 0.292. The topological polar surface area (TPSA) is 116 Å². The number of rotatable bonds is 3. The standard InChI is InChI=1S/C24H24N8O/c1-14-11-32(12-15(2)27-14)24-26-10-21(28-29-24)20-5-4-16(8-22(20)33)17-6-18(9-25)23-19(7-17)13-31(3)30-23/h4-8,10,13-15,27,33H,11-12H2,1-3H3/t14-,15+. The zero-order chi connectivity index (χ0) is 23.1. The quantitative estimate of drug-likeness (QED) is 0.500. The number of nitriles is 1. The number of hydrogen-bond donors (Lipinski definition) is 2. The molecule has 1 saturated heterocycles. The highest BCUT2D eigenvalue weighted by Gasteiger charge is 2.23. The van der Waals surface area contributed by atoms with Crippen LogP contribution in [-0.4, -0.2) is 55.2 Å². The number of benzene rings is 2. The molecule has 0 saturated carbocycles. The Labute approximate surface area is 191 Å². The number of phenols is 1. The van der Waals surface area contributed by atoms with E-state index in [9.17, 15) is 10.4 Å². The Morgan fingerprint density at radius 3 is 2.55 bits per heavy atom. The van der Waals surface area contributed by atoms with Gasteiger partial charge in [-0.25, -0.2) is 4.98 Å². The number of aromatic nitrogens is 5. The van der Waals surface area contributed by atoms with E-state index in [1.807, 2.05) is 25.4 Å².